The lowest BCUT2D eigenvalue weighted by Gasteiger charge is -2.13. The lowest BCUT2D eigenvalue weighted by Crippen LogP contribution is -2.25. The number of hydrogen-bond donors (Lipinski definition) is 2. The van der Waals surface area contributed by atoms with Gasteiger partial charge in [0.2, 0.25) is 5.71 Å². The highest BCUT2D eigenvalue weighted by molar-refractivity contribution is 6.10. The smallest absolute Gasteiger partial charge is 0.255 e. The summed E-state index contributed by atoms with van der Waals surface area (Å²) in [5, 5.41) is 6.66. The van der Waals surface area contributed by atoms with Gasteiger partial charge < -0.3 is 19.8 Å². The number of hydrogen-bond acceptors (Lipinski definition) is 6. The van der Waals surface area contributed by atoms with Crippen molar-refractivity contribution in [3.63, 3.8) is 0 Å². The summed E-state index contributed by atoms with van der Waals surface area (Å²) >= 11 is 0. The molecular formula is C20H21FN4O3. The molecule has 3 aromatic rings. The van der Waals surface area contributed by atoms with Crippen LogP contribution in [0.3, 0.4) is 0 Å². The van der Waals surface area contributed by atoms with Gasteiger partial charge in [0.15, 0.2) is 0 Å². The van der Waals surface area contributed by atoms with Gasteiger partial charge >= 0.3 is 0 Å². The quantitative estimate of drug-likeness (QED) is 0.675. The van der Waals surface area contributed by atoms with E-state index in [1.165, 1.54) is 19.5 Å². The van der Waals surface area contributed by atoms with Gasteiger partial charge in [-0.2, -0.15) is 0 Å². The third-order valence-electron chi connectivity index (χ3n) is 5.03. The van der Waals surface area contributed by atoms with Crippen LogP contribution in [0.2, 0.25) is 0 Å². The molecule has 0 aliphatic heterocycles. The number of aryl methyl sites for hydroxylation is 1. The second kappa shape index (κ2) is 6.78. The van der Waals surface area contributed by atoms with Crippen LogP contribution >= 0.6 is 0 Å². The maximum absolute atomic E-state index is 14.1. The molecule has 146 valence electrons. The molecular weight excluding hydrogens is 363 g/mol. The van der Waals surface area contributed by atoms with Gasteiger partial charge in [-0.1, -0.05) is 6.07 Å². The lowest BCUT2D eigenvalue weighted by atomic mass is 10.1. The van der Waals surface area contributed by atoms with Crippen molar-refractivity contribution < 1.29 is 18.3 Å². The summed E-state index contributed by atoms with van der Waals surface area (Å²) in [7, 11) is 1.46. The van der Waals surface area contributed by atoms with Crippen LogP contribution in [0.15, 0.2) is 28.9 Å². The van der Waals surface area contributed by atoms with Gasteiger partial charge in [0.05, 0.1) is 18.1 Å². The molecule has 2 heterocycles. The van der Waals surface area contributed by atoms with Crippen LogP contribution in [0.4, 0.5) is 10.2 Å². The molecule has 28 heavy (non-hydrogen) atoms. The minimum atomic E-state index is -0.444. The van der Waals surface area contributed by atoms with Crippen LogP contribution in [0.5, 0.6) is 5.75 Å². The monoisotopic (exact) mass is 384 g/mol. The molecule has 1 aromatic carbocycles. The second-order valence-corrected chi connectivity index (χ2v) is 7.22. The number of amides is 1. The van der Waals surface area contributed by atoms with Gasteiger partial charge in [0, 0.05) is 17.6 Å². The van der Waals surface area contributed by atoms with Crippen LogP contribution in [0, 0.1) is 12.7 Å². The van der Waals surface area contributed by atoms with Crippen LogP contribution < -0.4 is 15.4 Å². The van der Waals surface area contributed by atoms with Crippen LogP contribution in [-0.2, 0) is 6.54 Å². The lowest BCUT2D eigenvalue weighted by molar-refractivity contribution is 0.0950. The molecule has 1 aliphatic rings. The molecule has 7 nitrogen and oxygen atoms in total. The van der Waals surface area contributed by atoms with E-state index in [2.05, 4.69) is 27.5 Å². The number of nitrogens with zero attached hydrogens (tertiary/aromatic N) is 2. The summed E-state index contributed by atoms with van der Waals surface area (Å²) in [5.74, 6) is 0.538. The second-order valence-electron chi connectivity index (χ2n) is 7.22. The zero-order chi connectivity index (χ0) is 19.9. The Kier molecular flexibility index (Phi) is 4.41. The van der Waals surface area contributed by atoms with Gasteiger partial charge in [-0.05, 0) is 38.8 Å². The minimum absolute atomic E-state index is 0.0189. The molecule has 1 fully saturated rings. The number of halogens is 1. The number of benzene rings is 1. The molecule has 4 rings (SSSR count). The number of methoxy groups -OCH3 is 1. The topological polar surface area (TPSA) is 89.3 Å². The van der Waals surface area contributed by atoms with Crippen LogP contribution in [0.25, 0.3) is 11.1 Å². The predicted molar refractivity (Wildman–Crippen MR) is 102 cm³/mol. The van der Waals surface area contributed by atoms with E-state index in [-0.39, 0.29) is 23.6 Å². The molecule has 0 unspecified atom stereocenters. The zero-order valence-corrected chi connectivity index (χ0v) is 15.9. The maximum Gasteiger partial charge on any atom is 0.255 e. The molecule has 1 amide bonds. The van der Waals surface area contributed by atoms with E-state index in [1.807, 2.05) is 0 Å². The average molecular weight is 384 g/mol. The standard InChI is InChI=1S/C20H21FN4O3/c1-11-15(18(26)22-9-12-13(21)5-4-6-14(12)27-3)16-17(25-20(2)7-8-20)23-10-24-19(16)28-11/h4-6,10H,7-9H2,1-3H3,(H,22,26)(H,23,24,25). The van der Waals surface area contributed by atoms with Crippen molar-refractivity contribution in [3.8, 4) is 5.75 Å². The highest BCUT2D eigenvalue weighted by atomic mass is 19.1. The molecule has 1 saturated carbocycles. The van der Waals surface area contributed by atoms with E-state index in [9.17, 15) is 9.18 Å². The van der Waals surface area contributed by atoms with Crippen LogP contribution in [-0.4, -0.2) is 28.5 Å². The molecule has 0 radical (unpaired) electrons. The van der Waals surface area contributed by atoms with Gasteiger partial charge in [-0.3, -0.25) is 4.79 Å². The van der Waals surface area contributed by atoms with Gasteiger partial charge in [-0.15, -0.1) is 0 Å². The van der Waals surface area contributed by atoms with Crippen molar-refractivity contribution in [3.05, 3.63) is 47.2 Å². The molecule has 8 heteroatoms. The summed E-state index contributed by atoms with van der Waals surface area (Å²) in [6, 6.07) is 4.53. The third-order valence-corrected chi connectivity index (χ3v) is 5.03. The van der Waals surface area contributed by atoms with E-state index in [0.717, 1.165) is 12.8 Å². The molecule has 0 atom stereocenters. The molecule has 2 N–H and O–H groups in total. The Balaban J connectivity index is 1.65. The van der Waals surface area contributed by atoms with Crippen LogP contribution in [0.1, 0.15) is 41.4 Å². The Morgan fingerprint density at radius 2 is 2.14 bits per heavy atom. The highest BCUT2D eigenvalue weighted by Gasteiger charge is 2.38. The Morgan fingerprint density at radius 3 is 2.86 bits per heavy atom. The molecule has 2 aromatic heterocycles. The third kappa shape index (κ3) is 3.26. The Labute approximate surface area is 161 Å². The van der Waals surface area contributed by atoms with E-state index in [4.69, 9.17) is 9.15 Å². The Bertz CT molecular complexity index is 1060. The SMILES string of the molecule is COc1cccc(F)c1CNC(=O)c1c(C)oc2ncnc(NC3(C)CC3)c12. The van der Waals surface area contributed by atoms with E-state index in [0.29, 0.717) is 34.0 Å². The number of carbonyl (C=O) groups excluding carboxylic acids is 1. The summed E-state index contributed by atoms with van der Waals surface area (Å²) in [6.07, 6.45) is 3.47. The molecule has 0 spiro atoms. The van der Waals surface area contributed by atoms with Crippen molar-refractivity contribution >= 4 is 22.8 Å². The first-order valence-corrected chi connectivity index (χ1v) is 9.04. The number of anilines is 1. The summed E-state index contributed by atoms with van der Waals surface area (Å²) in [4.78, 5) is 21.4. The molecule has 0 bridgehead atoms. The fourth-order valence-electron chi connectivity index (χ4n) is 3.17. The number of aromatic nitrogens is 2. The number of furan rings is 1. The van der Waals surface area contributed by atoms with E-state index in [1.54, 1.807) is 19.1 Å². The number of rotatable bonds is 6. The van der Waals surface area contributed by atoms with E-state index < -0.39 is 5.82 Å². The normalized spacial score (nSPS) is 14.7. The maximum atomic E-state index is 14.1. The zero-order valence-electron chi connectivity index (χ0n) is 15.9. The van der Waals surface area contributed by atoms with Crippen molar-refractivity contribution in [1.29, 1.82) is 0 Å². The summed E-state index contributed by atoms with van der Waals surface area (Å²) < 4.78 is 25.0. The fraction of sp³-hybridized carbons (Fsp3) is 0.350. The minimum Gasteiger partial charge on any atom is -0.496 e. The van der Waals surface area contributed by atoms with Crippen molar-refractivity contribution in [1.82, 2.24) is 15.3 Å². The largest absolute Gasteiger partial charge is 0.496 e. The van der Waals surface area contributed by atoms with Gasteiger partial charge in [0.25, 0.3) is 5.91 Å². The summed E-state index contributed by atoms with van der Waals surface area (Å²) in [5.41, 5.74) is 0.940. The predicted octanol–water partition coefficient (Wildman–Crippen LogP) is 3.57. The molecule has 0 saturated heterocycles. The summed E-state index contributed by atoms with van der Waals surface area (Å²) in [6.45, 7) is 3.77. The van der Waals surface area contributed by atoms with Crippen molar-refractivity contribution in [2.24, 2.45) is 0 Å². The van der Waals surface area contributed by atoms with Gasteiger partial charge in [0.1, 0.15) is 29.5 Å². The first kappa shape index (κ1) is 18.2. The Hall–Kier alpha value is -3.16. The first-order chi connectivity index (χ1) is 13.4. The number of fused-ring (bicyclic) bond motifs is 1. The van der Waals surface area contributed by atoms with Crippen molar-refractivity contribution in [2.45, 2.75) is 38.8 Å². The average Bonchev–Trinajstić information content (AvgIpc) is 3.28. The molecule has 1 aliphatic carbocycles. The van der Waals surface area contributed by atoms with E-state index >= 15 is 0 Å². The number of ether oxygens (including phenoxy) is 1. The first-order valence-electron chi connectivity index (χ1n) is 9.04. The number of carbonyl (C=O) groups is 1. The van der Waals surface area contributed by atoms with Crippen molar-refractivity contribution in [2.75, 3.05) is 12.4 Å². The Morgan fingerprint density at radius 1 is 1.36 bits per heavy atom. The fourth-order valence-corrected chi connectivity index (χ4v) is 3.17. The highest BCUT2D eigenvalue weighted by Crippen LogP contribution is 2.40. The number of nitrogens with one attached hydrogen (secondary N) is 2. The van der Waals surface area contributed by atoms with Gasteiger partial charge in [-0.25, -0.2) is 14.4 Å².